The van der Waals surface area contributed by atoms with Gasteiger partial charge in [-0.05, 0) is 37.4 Å². The number of anilines is 2. The molecule has 1 aliphatic carbocycles. The van der Waals surface area contributed by atoms with Gasteiger partial charge in [0.25, 0.3) is 0 Å². The summed E-state index contributed by atoms with van der Waals surface area (Å²) in [5.41, 5.74) is 11.0. The Balaban J connectivity index is 1.70. The van der Waals surface area contributed by atoms with Crippen LogP contribution in [0.4, 0.5) is 15.6 Å². The number of carbonyl (C=O) groups is 2. The fraction of sp³-hybridized carbons (Fsp3) is 0.389. The molecule has 1 fully saturated rings. The average Bonchev–Trinajstić information content (AvgIpc) is 3.33. The van der Waals surface area contributed by atoms with Crippen molar-refractivity contribution in [2.75, 3.05) is 10.6 Å². The molecule has 2 amide bonds. The lowest BCUT2D eigenvalue weighted by atomic mass is 9.94. The van der Waals surface area contributed by atoms with Crippen molar-refractivity contribution in [2.45, 2.75) is 39.2 Å². The van der Waals surface area contributed by atoms with Crippen LogP contribution in [-0.2, 0) is 6.54 Å². The molecule has 0 radical (unpaired) electrons. The fourth-order valence-corrected chi connectivity index (χ4v) is 3.87. The van der Waals surface area contributed by atoms with Crippen molar-refractivity contribution < 1.29 is 9.59 Å². The highest BCUT2D eigenvalue weighted by atomic mass is 32.1. The molecular weight excluding hydrogens is 364 g/mol. The largest absolute Gasteiger partial charge is 0.325 e. The van der Waals surface area contributed by atoms with Crippen LogP contribution in [0, 0.1) is 12.8 Å². The predicted molar refractivity (Wildman–Crippen MR) is 105 cm³/mol. The maximum Gasteiger partial charge on any atom is 0.325 e. The number of azide groups is 1. The minimum absolute atomic E-state index is 0.0395. The number of nitrogens with zero attached hydrogens (tertiary/aromatic N) is 4. The van der Waals surface area contributed by atoms with E-state index in [4.69, 9.17) is 5.53 Å². The topological polar surface area (TPSA) is 120 Å². The van der Waals surface area contributed by atoms with Gasteiger partial charge in [-0.3, -0.25) is 10.1 Å². The zero-order valence-corrected chi connectivity index (χ0v) is 15.8. The van der Waals surface area contributed by atoms with Gasteiger partial charge in [0, 0.05) is 21.8 Å². The van der Waals surface area contributed by atoms with Crippen LogP contribution in [0.2, 0.25) is 0 Å². The van der Waals surface area contributed by atoms with Crippen molar-refractivity contribution in [2.24, 2.45) is 11.0 Å². The number of Topliss-reactive ketones (excluding diaryl/α,β-unsaturated/α-hetero) is 1. The maximum atomic E-state index is 12.8. The number of amides is 2. The summed E-state index contributed by atoms with van der Waals surface area (Å²) in [5.74, 6) is 0.134. The van der Waals surface area contributed by atoms with E-state index in [0.717, 1.165) is 31.2 Å². The van der Waals surface area contributed by atoms with E-state index >= 15 is 0 Å². The number of urea groups is 1. The zero-order valence-electron chi connectivity index (χ0n) is 14.9. The SMILES string of the molecule is Cc1ccc(NC(=O)Nc2nc(CN=[N+]=[N-])cs2)c(C(=O)C2CCCC2)c1. The normalized spacial score (nSPS) is 13.8. The summed E-state index contributed by atoms with van der Waals surface area (Å²) in [5, 5.41) is 11.0. The van der Waals surface area contributed by atoms with Gasteiger partial charge in [0.15, 0.2) is 10.9 Å². The molecule has 1 aromatic heterocycles. The fourth-order valence-electron chi connectivity index (χ4n) is 3.17. The molecule has 1 heterocycles. The van der Waals surface area contributed by atoms with E-state index in [2.05, 4.69) is 25.6 Å². The van der Waals surface area contributed by atoms with Gasteiger partial charge < -0.3 is 5.32 Å². The van der Waals surface area contributed by atoms with Crippen LogP contribution < -0.4 is 10.6 Å². The van der Waals surface area contributed by atoms with Crippen LogP contribution in [0.15, 0.2) is 28.7 Å². The highest BCUT2D eigenvalue weighted by Gasteiger charge is 2.26. The first-order valence-corrected chi connectivity index (χ1v) is 9.63. The van der Waals surface area contributed by atoms with Gasteiger partial charge in [-0.2, -0.15) is 0 Å². The summed E-state index contributed by atoms with van der Waals surface area (Å²) >= 11 is 1.24. The lowest BCUT2D eigenvalue weighted by molar-refractivity contribution is 0.0923. The maximum absolute atomic E-state index is 12.8. The molecule has 27 heavy (non-hydrogen) atoms. The number of ketones is 1. The molecule has 140 valence electrons. The molecule has 1 aliphatic rings. The molecule has 0 spiro atoms. The number of benzene rings is 1. The molecule has 2 N–H and O–H groups in total. The van der Waals surface area contributed by atoms with Crippen molar-refractivity contribution in [3.8, 4) is 0 Å². The van der Waals surface area contributed by atoms with E-state index in [1.165, 1.54) is 11.3 Å². The van der Waals surface area contributed by atoms with E-state index < -0.39 is 6.03 Å². The highest BCUT2D eigenvalue weighted by molar-refractivity contribution is 7.13. The molecule has 1 saturated carbocycles. The van der Waals surface area contributed by atoms with Crippen LogP contribution in [0.1, 0.15) is 47.3 Å². The number of carbonyl (C=O) groups excluding carboxylic acids is 2. The van der Waals surface area contributed by atoms with Crippen LogP contribution in [0.5, 0.6) is 0 Å². The van der Waals surface area contributed by atoms with Crippen LogP contribution in [0.25, 0.3) is 10.4 Å². The third-order valence-corrected chi connectivity index (χ3v) is 5.29. The monoisotopic (exact) mass is 384 g/mol. The second-order valence-corrected chi connectivity index (χ2v) is 7.36. The molecule has 0 saturated heterocycles. The predicted octanol–water partition coefficient (Wildman–Crippen LogP) is 5.28. The lowest BCUT2D eigenvalue weighted by Crippen LogP contribution is -2.22. The quantitative estimate of drug-likeness (QED) is 0.305. The number of thiazole rings is 1. The number of aromatic nitrogens is 1. The molecule has 2 aromatic rings. The number of hydrogen-bond acceptors (Lipinski definition) is 5. The Morgan fingerprint density at radius 2 is 2.11 bits per heavy atom. The standard InChI is InChI=1S/C18H20N6O2S/c1-11-6-7-15(14(8-11)16(25)12-4-2-3-5-12)22-17(26)23-18-21-13(10-27-18)9-20-24-19/h6-8,10,12H,2-5,9H2,1H3,(H2,21,22,23,26). The summed E-state index contributed by atoms with van der Waals surface area (Å²) in [6.07, 6.45) is 3.97. The van der Waals surface area contributed by atoms with E-state index in [0.29, 0.717) is 22.1 Å². The Labute approximate surface area is 160 Å². The summed E-state index contributed by atoms with van der Waals surface area (Å²) in [7, 11) is 0. The molecule has 3 rings (SSSR count). The summed E-state index contributed by atoms with van der Waals surface area (Å²) in [6.45, 7) is 2.06. The van der Waals surface area contributed by atoms with Crippen molar-refractivity contribution in [3.63, 3.8) is 0 Å². The Kier molecular flexibility index (Phi) is 6.05. The van der Waals surface area contributed by atoms with E-state index in [1.54, 1.807) is 11.4 Å². The lowest BCUT2D eigenvalue weighted by Gasteiger charge is -2.14. The third-order valence-electron chi connectivity index (χ3n) is 4.48. The van der Waals surface area contributed by atoms with Gasteiger partial charge in [-0.25, -0.2) is 9.78 Å². The Morgan fingerprint density at radius 1 is 1.33 bits per heavy atom. The van der Waals surface area contributed by atoms with Crippen molar-refractivity contribution in [1.29, 1.82) is 0 Å². The second-order valence-electron chi connectivity index (χ2n) is 6.51. The van der Waals surface area contributed by atoms with Crippen LogP contribution in [-0.4, -0.2) is 16.8 Å². The average molecular weight is 384 g/mol. The van der Waals surface area contributed by atoms with Crippen molar-refractivity contribution >= 4 is 34.0 Å². The molecular formula is C18H20N6O2S. The van der Waals surface area contributed by atoms with E-state index in [-0.39, 0.29) is 18.2 Å². The van der Waals surface area contributed by atoms with Crippen LogP contribution >= 0.6 is 11.3 Å². The summed E-state index contributed by atoms with van der Waals surface area (Å²) in [4.78, 5) is 32.0. The Bertz CT molecular complexity index is 897. The van der Waals surface area contributed by atoms with Crippen molar-refractivity contribution in [1.82, 2.24) is 4.98 Å². The summed E-state index contributed by atoms with van der Waals surface area (Å²) in [6, 6.07) is 4.98. The number of aryl methyl sites for hydroxylation is 1. The smallest absolute Gasteiger partial charge is 0.307 e. The molecule has 0 atom stereocenters. The third kappa shape index (κ3) is 4.84. The van der Waals surface area contributed by atoms with E-state index in [9.17, 15) is 9.59 Å². The number of hydrogen-bond donors (Lipinski definition) is 2. The van der Waals surface area contributed by atoms with Gasteiger partial charge in [0.05, 0.1) is 17.9 Å². The van der Waals surface area contributed by atoms with E-state index in [1.807, 2.05) is 19.1 Å². The first-order chi connectivity index (χ1) is 13.1. The molecule has 0 aliphatic heterocycles. The first-order valence-electron chi connectivity index (χ1n) is 8.75. The zero-order chi connectivity index (χ0) is 19.2. The summed E-state index contributed by atoms with van der Waals surface area (Å²) < 4.78 is 0. The van der Waals surface area contributed by atoms with Gasteiger partial charge in [-0.1, -0.05) is 29.6 Å². The molecule has 1 aromatic carbocycles. The molecule has 9 heteroatoms. The number of nitrogens with one attached hydrogen (secondary N) is 2. The second kappa shape index (κ2) is 8.66. The molecule has 8 nitrogen and oxygen atoms in total. The van der Waals surface area contributed by atoms with Crippen LogP contribution in [0.3, 0.4) is 0 Å². The minimum Gasteiger partial charge on any atom is -0.307 e. The number of rotatable bonds is 6. The van der Waals surface area contributed by atoms with Gasteiger partial charge in [0.2, 0.25) is 0 Å². The van der Waals surface area contributed by atoms with Gasteiger partial charge in [-0.15, -0.1) is 11.3 Å². The molecule has 0 unspecified atom stereocenters. The van der Waals surface area contributed by atoms with Crippen molar-refractivity contribution in [3.05, 3.63) is 50.8 Å². The van der Waals surface area contributed by atoms with Gasteiger partial charge >= 0.3 is 6.03 Å². The molecule has 0 bridgehead atoms. The Morgan fingerprint density at radius 3 is 2.85 bits per heavy atom. The van der Waals surface area contributed by atoms with Gasteiger partial charge in [0.1, 0.15) is 0 Å². The Hall–Kier alpha value is -2.90. The minimum atomic E-state index is -0.469. The highest BCUT2D eigenvalue weighted by Crippen LogP contribution is 2.31. The first kappa shape index (κ1) is 18.9.